The highest BCUT2D eigenvalue weighted by atomic mass is 32.2. The zero-order chi connectivity index (χ0) is 13.5. The minimum Gasteiger partial charge on any atom is -0.493 e. The molecule has 0 bridgehead atoms. The fourth-order valence-electron chi connectivity index (χ4n) is 1.68. The summed E-state index contributed by atoms with van der Waals surface area (Å²) < 4.78 is 5.63. The molecule has 0 radical (unpaired) electrons. The quantitative estimate of drug-likeness (QED) is 0.606. The Morgan fingerprint density at radius 3 is 2.79 bits per heavy atom. The van der Waals surface area contributed by atoms with Crippen molar-refractivity contribution in [3.05, 3.63) is 59.7 Å². The molecule has 0 aromatic heterocycles. The number of thioether (sulfide) groups is 1. The smallest absolute Gasteiger partial charge is 0.120 e. The lowest BCUT2D eigenvalue weighted by Crippen LogP contribution is -2.00. The zero-order valence-corrected chi connectivity index (χ0v) is 11.6. The lowest BCUT2D eigenvalue weighted by molar-refractivity contribution is 0.344. The Balaban J connectivity index is 1.79. The Kier molecular flexibility index (Phi) is 4.88. The molecule has 96 valence electrons. The standard InChI is InChI=1S/C16H15NOS/c1-13-4-2-7-16(10-13)19-9-8-18-15-6-3-5-14(11-15)12-17/h2-7,10-11H,8-9H2,1H3. The first-order chi connectivity index (χ1) is 9.28. The van der Waals surface area contributed by atoms with Gasteiger partial charge in [0, 0.05) is 10.6 Å². The van der Waals surface area contributed by atoms with E-state index in [2.05, 4.69) is 37.3 Å². The van der Waals surface area contributed by atoms with Gasteiger partial charge in [0.05, 0.1) is 18.2 Å². The molecule has 0 aliphatic heterocycles. The van der Waals surface area contributed by atoms with Gasteiger partial charge >= 0.3 is 0 Å². The molecule has 0 aliphatic rings. The molecular formula is C16H15NOS. The van der Waals surface area contributed by atoms with Crippen LogP contribution < -0.4 is 4.74 Å². The maximum absolute atomic E-state index is 8.80. The molecule has 2 rings (SSSR count). The van der Waals surface area contributed by atoms with Gasteiger partial charge in [-0.1, -0.05) is 23.8 Å². The minimum atomic E-state index is 0.629. The summed E-state index contributed by atoms with van der Waals surface area (Å²) in [6.07, 6.45) is 0. The fourth-order valence-corrected chi connectivity index (χ4v) is 2.53. The van der Waals surface area contributed by atoms with Gasteiger partial charge in [0.2, 0.25) is 0 Å². The second kappa shape index (κ2) is 6.86. The predicted molar refractivity (Wildman–Crippen MR) is 78.6 cm³/mol. The molecule has 2 aromatic carbocycles. The van der Waals surface area contributed by atoms with E-state index in [1.807, 2.05) is 12.1 Å². The van der Waals surface area contributed by atoms with Crippen LogP contribution in [-0.2, 0) is 0 Å². The molecule has 0 amide bonds. The lowest BCUT2D eigenvalue weighted by atomic mass is 10.2. The van der Waals surface area contributed by atoms with Crippen LogP contribution in [0.5, 0.6) is 5.75 Å². The average molecular weight is 269 g/mol. The van der Waals surface area contributed by atoms with Crippen molar-refractivity contribution in [2.24, 2.45) is 0 Å². The lowest BCUT2D eigenvalue weighted by Gasteiger charge is -2.06. The first kappa shape index (κ1) is 13.5. The maximum Gasteiger partial charge on any atom is 0.120 e. The van der Waals surface area contributed by atoms with Crippen molar-refractivity contribution in [3.8, 4) is 11.8 Å². The highest BCUT2D eigenvalue weighted by molar-refractivity contribution is 7.99. The van der Waals surface area contributed by atoms with Crippen LogP contribution in [0.1, 0.15) is 11.1 Å². The molecular weight excluding hydrogens is 254 g/mol. The van der Waals surface area contributed by atoms with Gasteiger partial charge in [-0.3, -0.25) is 0 Å². The molecule has 2 aromatic rings. The van der Waals surface area contributed by atoms with Crippen LogP contribution in [0.2, 0.25) is 0 Å². The maximum atomic E-state index is 8.80. The van der Waals surface area contributed by atoms with Crippen LogP contribution in [0.15, 0.2) is 53.4 Å². The van der Waals surface area contributed by atoms with Crippen LogP contribution >= 0.6 is 11.8 Å². The monoisotopic (exact) mass is 269 g/mol. The van der Waals surface area contributed by atoms with Gasteiger partial charge < -0.3 is 4.74 Å². The molecule has 0 saturated heterocycles. The molecule has 3 heteroatoms. The van der Waals surface area contributed by atoms with Gasteiger partial charge in [0.1, 0.15) is 5.75 Å². The second-order valence-electron chi connectivity index (χ2n) is 4.15. The van der Waals surface area contributed by atoms with E-state index in [0.717, 1.165) is 11.5 Å². The molecule has 0 N–H and O–H groups in total. The van der Waals surface area contributed by atoms with Crippen molar-refractivity contribution in [1.82, 2.24) is 0 Å². The number of ether oxygens (including phenoxy) is 1. The first-order valence-corrected chi connectivity index (χ1v) is 7.09. The summed E-state index contributed by atoms with van der Waals surface area (Å²) in [6.45, 7) is 2.72. The number of hydrogen-bond donors (Lipinski definition) is 0. The molecule has 0 unspecified atom stereocenters. The number of hydrogen-bond acceptors (Lipinski definition) is 3. The first-order valence-electron chi connectivity index (χ1n) is 6.10. The number of nitrogens with zero attached hydrogens (tertiary/aromatic N) is 1. The van der Waals surface area contributed by atoms with Crippen molar-refractivity contribution in [2.45, 2.75) is 11.8 Å². The van der Waals surface area contributed by atoms with Gasteiger partial charge in [-0.15, -0.1) is 11.8 Å². The largest absolute Gasteiger partial charge is 0.493 e. The van der Waals surface area contributed by atoms with E-state index in [1.54, 1.807) is 23.9 Å². The van der Waals surface area contributed by atoms with Crippen molar-refractivity contribution in [3.63, 3.8) is 0 Å². The fraction of sp³-hybridized carbons (Fsp3) is 0.188. The molecule has 0 spiro atoms. The third kappa shape index (κ3) is 4.35. The Labute approximate surface area is 118 Å². The third-order valence-corrected chi connectivity index (χ3v) is 3.53. The Bertz CT molecular complexity index is 589. The summed E-state index contributed by atoms with van der Waals surface area (Å²) in [5, 5.41) is 8.80. The number of benzene rings is 2. The molecule has 0 saturated carbocycles. The summed E-state index contributed by atoms with van der Waals surface area (Å²) >= 11 is 1.77. The summed E-state index contributed by atoms with van der Waals surface area (Å²) in [6, 6.07) is 17.8. The van der Waals surface area contributed by atoms with Crippen molar-refractivity contribution < 1.29 is 4.74 Å². The zero-order valence-electron chi connectivity index (χ0n) is 10.8. The predicted octanol–water partition coefficient (Wildman–Crippen LogP) is 4.04. The van der Waals surface area contributed by atoms with Crippen LogP contribution in [0.25, 0.3) is 0 Å². The normalized spacial score (nSPS) is 9.89. The average Bonchev–Trinajstić information content (AvgIpc) is 2.44. The number of rotatable bonds is 5. The molecule has 19 heavy (non-hydrogen) atoms. The van der Waals surface area contributed by atoms with E-state index in [-0.39, 0.29) is 0 Å². The molecule has 2 nitrogen and oxygen atoms in total. The van der Waals surface area contributed by atoms with Gasteiger partial charge in [0.15, 0.2) is 0 Å². The number of nitriles is 1. The SMILES string of the molecule is Cc1cccc(SCCOc2cccc(C#N)c2)c1. The van der Waals surface area contributed by atoms with Gasteiger partial charge in [0.25, 0.3) is 0 Å². The number of aryl methyl sites for hydroxylation is 1. The third-order valence-electron chi connectivity index (χ3n) is 2.57. The van der Waals surface area contributed by atoms with E-state index in [0.29, 0.717) is 12.2 Å². The van der Waals surface area contributed by atoms with Crippen molar-refractivity contribution >= 4 is 11.8 Å². The summed E-state index contributed by atoms with van der Waals surface area (Å²) in [7, 11) is 0. The van der Waals surface area contributed by atoms with E-state index in [4.69, 9.17) is 10.00 Å². The van der Waals surface area contributed by atoms with E-state index in [1.165, 1.54) is 10.5 Å². The highest BCUT2D eigenvalue weighted by Crippen LogP contribution is 2.19. The van der Waals surface area contributed by atoms with Crippen LogP contribution in [-0.4, -0.2) is 12.4 Å². The summed E-state index contributed by atoms with van der Waals surface area (Å²) in [5.74, 6) is 1.64. The van der Waals surface area contributed by atoms with Crippen molar-refractivity contribution in [2.75, 3.05) is 12.4 Å². The van der Waals surface area contributed by atoms with Crippen LogP contribution in [0, 0.1) is 18.3 Å². The Morgan fingerprint density at radius 1 is 1.16 bits per heavy atom. The minimum absolute atomic E-state index is 0.629. The Hall–Kier alpha value is -1.92. The van der Waals surface area contributed by atoms with Crippen LogP contribution in [0.3, 0.4) is 0 Å². The van der Waals surface area contributed by atoms with Gasteiger partial charge in [-0.25, -0.2) is 0 Å². The van der Waals surface area contributed by atoms with E-state index >= 15 is 0 Å². The topological polar surface area (TPSA) is 33.0 Å². The summed E-state index contributed by atoms with van der Waals surface area (Å²) in [5.41, 5.74) is 1.90. The Morgan fingerprint density at radius 2 is 2.00 bits per heavy atom. The second-order valence-corrected chi connectivity index (χ2v) is 5.32. The van der Waals surface area contributed by atoms with E-state index in [9.17, 15) is 0 Å². The van der Waals surface area contributed by atoms with Gasteiger partial charge in [-0.2, -0.15) is 5.26 Å². The molecule has 0 aliphatic carbocycles. The van der Waals surface area contributed by atoms with Crippen LogP contribution in [0.4, 0.5) is 0 Å². The molecule has 0 heterocycles. The molecule has 0 atom stereocenters. The van der Waals surface area contributed by atoms with Gasteiger partial charge in [-0.05, 0) is 37.3 Å². The van der Waals surface area contributed by atoms with E-state index < -0.39 is 0 Å². The highest BCUT2D eigenvalue weighted by Gasteiger charge is 1.98. The molecule has 0 fully saturated rings. The van der Waals surface area contributed by atoms with Crippen molar-refractivity contribution in [1.29, 1.82) is 5.26 Å². The summed E-state index contributed by atoms with van der Waals surface area (Å²) in [4.78, 5) is 1.26.